The van der Waals surface area contributed by atoms with Crippen LogP contribution in [-0.2, 0) is 4.79 Å². The number of aliphatic hydroxyl groups is 1. The van der Waals surface area contributed by atoms with Crippen molar-refractivity contribution in [2.45, 2.75) is 24.5 Å². The van der Waals surface area contributed by atoms with Crippen LogP contribution < -0.4 is 25.6 Å². The summed E-state index contributed by atoms with van der Waals surface area (Å²) in [6.07, 6.45) is 0.578. The first-order valence-electron chi connectivity index (χ1n) is 8.85. The minimum atomic E-state index is -0.430. The summed E-state index contributed by atoms with van der Waals surface area (Å²) in [5.41, 5.74) is 8.06. The quantitative estimate of drug-likeness (QED) is 0.589. The summed E-state index contributed by atoms with van der Waals surface area (Å²) in [5, 5.41) is 12.5. The third kappa shape index (κ3) is 4.39. The van der Waals surface area contributed by atoms with Crippen molar-refractivity contribution >= 4 is 5.91 Å². The van der Waals surface area contributed by atoms with Crippen LogP contribution >= 0.6 is 0 Å². The molecule has 0 aromatic heterocycles. The van der Waals surface area contributed by atoms with Gasteiger partial charge < -0.3 is 19.9 Å². The van der Waals surface area contributed by atoms with Gasteiger partial charge >= 0.3 is 0 Å². The van der Waals surface area contributed by atoms with Gasteiger partial charge in [0.2, 0.25) is 5.91 Å². The van der Waals surface area contributed by atoms with Gasteiger partial charge in [-0.1, -0.05) is 36.4 Å². The van der Waals surface area contributed by atoms with Crippen LogP contribution in [0.2, 0.25) is 0 Å². The predicted molar refractivity (Wildman–Crippen MR) is 101 cm³/mol. The summed E-state index contributed by atoms with van der Waals surface area (Å²) >= 11 is 0. The molecule has 0 radical (unpaired) electrons. The van der Waals surface area contributed by atoms with Crippen molar-refractivity contribution in [1.29, 1.82) is 0 Å². The zero-order valence-electron chi connectivity index (χ0n) is 15.4. The highest BCUT2D eigenvalue weighted by atomic mass is 16.5. The smallest absolute Gasteiger partial charge is 0.239 e. The minimum Gasteiger partial charge on any atom is -0.493 e. The fraction of sp³-hybridized carbons (Fsp3) is 0.350. The van der Waals surface area contributed by atoms with Gasteiger partial charge in [-0.15, -0.1) is 0 Å². The number of ether oxygens (including phenoxy) is 2. The van der Waals surface area contributed by atoms with Crippen molar-refractivity contribution in [3.63, 3.8) is 0 Å². The maximum Gasteiger partial charge on any atom is 0.239 e. The molecule has 1 saturated heterocycles. The van der Waals surface area contributed by atoms with E-state index in [0.29, 0.717) is 17.9 Å². The van der Waals surface area contributed by atoms with Crippen molar-refractivity contribution in [3.05, 3.63) is 59.7 Å². The van der Waals surface area contributed by atoms with Crippen molar-refractivity contribution in [1.82, 2.24) is 16.2 Å². The lowest BCUT2D eigenvalue weighted by atomic mass is 10.0. The van der Waals surface area contributed by atoms with E-state index in [1.165, 1.54) is 0 Å². The highest BCUT2D eigenvalue weighted by molar-refractivity contribution is 5.82. The maximum atomic E-state index is 12.6. The molecule has 1 aliphatic heterocycles. The van der Waals surface area contributed by atoms with Crippen LogP contribution in [0.1, 0.15) is 29.6 Å². The van der Waals surface area contributed by atoms with Crippen LogP contribution in [0, 0.1) is 0 Å². The maximum absolute atomic E-state index is 12.6. The van der Waals surface area contributed by atoms with Crippen LogP contribution in [0.5, 0.6) is 11.5 Å². The number of hydrazine groups is 1. The second-order valence-electron chi connectivity index (χ2n) is 6.40. The Morgan fingerprint density at radius 2 is 1.89 bits per heavy atom. The molecule has 1 aliphatic rings. The van der Waals surface area contributed by atoms with Crippen LogP contribution in [0.3, 0.4) is 0 Å². The fourth-order valence-corrected chi connectivity index (χ4v) is 3.21. The zero-order valence-corrected chi connectivity index (χ0v) is 15.4. The molecule has 0 bridgehead atoms. The number of rotatable bonds is 7. The SMILES string of the molecule is COc1ccc(C2CC(C(=O)N[C@@H](CO)c3ccccc3)NN2)cc1OC. The Bertz CT molecular complexity index is 769. The third-order valence-corrected chi connectivity index (χ3v) is 4.73. The predicted octanol–water partition coefficient (Wildman–Crippen LogP) is 1.46. The molecule has 7 heteroatoms. The van der Waals surface area contributed by atoms with Crippen molar-refractivity contribution in [2.75, 3.05) is 20.8 Å². The van der Waals surface area contributed by atoms with Gasteiger partial charge in [0.1, 0.15) is 6.04 Å². The number of benzene rings is 2. The lowest BCUT2D eigenvalue weighted by Gasteiger charge is -2.19. The number of methoxy groups -OCH3 is 2. The van der Waals surface area contributed by atoms with Crippen molar-refractivity contribution in [3.8, 4) is 11.5 Å². The van der Waals surface area contributed by atoms with Gasteiger partial charge in [-0.2, -0.15) is 0 Å². The van der Waals surface area contributed by atoms with Crippen LogP contribution in [0.4, 0.5) is 0 Å². The first-order chi connectivity index (χ1) is 13.2. The average Bonchev–Trinajstić information content (AvgIpc) is 3.22. The van der Waals surface area contributed by atoms with E-state index >= 15 is 0 Å². The van der Waals surface area contributed by atoms with E-state index in [-0.39, 0.29) is 18.6 Å². The first kappa shape index (κ1) is 19.2. The fourth-order valence-electron chi connectivity index (χ4n) is 3.21. The second kappa shape index (κ2) is 8.85. The molecule has 144 valence electrons. The number of nitrogens with one attached hydrogen (secondary N) is 3. The second-order valence-corrected chi connectivity index (χ2v) is 6.40. The lowest BCUT2D eigenvalue weighted by Crippen LogP contribution is -2.45. The standard InChI is InChI=1S/C20H25N3O4/c1-26-18-9-8-14(10-19(18)27-2)15-11-16(23-22-15)20(25)21-17(12-24)13-6-4-3-5-7-13/h3-10,15-17,22-24H,11-12H2,1-2H3,(H,21,25)/t15?,16?,17-/m0/s1. The zero-order chi connectivity index (χ0) is 19.2. The van der Waals surface area contributed by atoms with E-state index in [1.54, 1.807) is 14.2 Å². The lowest BCUT2D eigenvalue weighted by molar-refractivity contribution is -0.124. The van der Waals surface area contributed by atoms with E-state index in [9.17, 15) is 9.90 Å². The number of carbonyl (C=O) groups is 1. The molecule has 0 spiro atoms. The summed E-state index contributed by atoms with van der Waals surface area (Å²) in [5.74, 6) is 1.15. The van der Waals surface area contributed by atoms with Gasteiger partial charge in [0.15, 0.2) is 11.5 Å². The Balaban J connectivity index is 1.64. The first-order valence-corrected chi connectivity index (χ1v) is 8.85. The highest BCUT2D eigenvalue weighted by Crippen LogP contribution is 2.32. The molecule has 1 fully saturated rings. The monoisotopic (exact) mass is 371 g/mol. The van der Waals surface area contributed by atoms with Gasteiger partial charge in [0.25, 0.3) is 0 Å². The van der Waals surface area contributed by atoms with E-state index in [1.807, 2.05) is 48.5 Å². The summed E-state index contributed by atoms with van der Waals surface area (Å²) in [4.78, 5) is 12.6. The Morgan fingerprint density at radius 3 is 2.56 bits per heavy atom. The van der Waals surface area contributed by atoms with Gasteiger partial charge in [-0.25, -0.2) is 10.9 Å². The van der Waals surface area contributed by atoms with E-state index in [0.717, 1.165) is 11.1 Å². The third-order valence-electron chi connectivity index (χ3n) is 4.73. The molecule has 1 amide bonds. The highest BCUT2D eigenvalue weighted by Gasteiger charge is 2.31. The Labute approximate surface area is 158 Å². The molecule has 0 aliphatic carbocycles. The molecule has 3 rings (SSSR count). The van der Waals surface area contributed by atoms with E-state index in [2.05, 4.69) is 16.2 Å². The van der Waals surface area contributed by atoms with Crippen LogP contribution in [0.25, 0.3) is 0 Å². The molecule has 1 heterocycles. The molecule has 27 heavy (non-hydrogen) atoms. The summed E-state index contributed by atoms with van der Waals surface area (Å²) in [6.45, 7) is -0.158. The van der Waals surface area contributed by atoms with Crippen molar-refractivity contribution in [2.24, 2.45) is 0 Å². The van der Waals surface area contributed by atoms with Crippen molar-refractivity contribution < 1.29 is 19.4 Å². The molecule has 3 atom stereocenters. The Morgan fingerprint density at radius 1 is 1.15 bits per heavy atom. The van der Waals surface area contributed by atoms with E-state index < -0.39 is 12.1 Å². The minimum absolute atomic E-state index is 0.0372. The normalized spacial score (nSPS) is 20.1. The Kier molecular flexibility index (Phi) is 6.28. The number of carbonyl (C=O) groups excluding carboxylic acids is 1. The van der Waals surface area contributed by atoms with Gasteiger partial charge in [0, 0.05) is 6.04 Å². The molecule has 4 N–H and O–H groups in total. The topological polar surface area (TPSA) is 91.9 Å². The summed E-state index contributed by atoms with van der Waals surface area (Å²) in [6, 6.07) is 14.3. The molecular weight excluding hydrogens is 346 g/mol. The molecular formula is C20H25N3O4. The average molecular weight is 371 g/mol. The largest absolute Gasteiger partial charge is 0.493 e. The number of hydrogen-bond donors (Lipinski definition) is 4. The van der Waals surface area contributed by atoms with Gasteiger partial charge in [-0.3, -0.25) is 4.79 Å². The molecule has 0 saturated carbocycles. The van der Waals surface area contributed by atoms with E-state index in [4.69, 9.17) is 9.47 Å². The number of hydrogen-bond acceptors (Lipinski definition) is 6. The molecule has 2 aromatic rings. The molecule has 2 unspecified atom stereocenters. The Hall–Kier alpha value is -2.61. The molecule has 2 aromatic carbocycles. The summed E-state index contributed by atoms with van der Waals surface area (Å²) < 4.78 is 10.6. The van der Waals surface area contributed by atoms with Crippen LogP contribution in [-0.4, -0.2) is 37.9 Å². The molecule has 7 nitrogen and oxygen atoms in total. The van der Waals surface area contributed by atoms with Gasteiger partial charge in [-0.05, 0) is 29.7 Å². The number of aliphatic hydroxyl groups excluding tert-OH is 1. The van der Waals surface area contributed by atoms with Crippen LogP contribution in [0.15, 0.2) is 48.5 Å². The number of amides is 1. The van der Waals surface area contributed by atoms with Gasteiger partial charge in [0.05, 0.1) is 26.9 Å². The summed E-state index contributed by atoms with van der Waals surface area (Å²) in [7, 11) is 3.19.